The quantitative estimate of drug-likeness (QED) is 0.442. The second kappa shape index (κ2) is 2.96. The Labute approximate surface area is 27.0 Å². The van der Waals surface area contributed by atoms with Gasteiger partial charge >= 0.3 is 0 Å². The highest BCUT2D eigenvalue weighted by molar-refractivity contribution is 4.25. The van der Waals surface area contributed by atoms with Gasteiger partial charge in [-0.05, 0) is 6.54 Å². The fourth-order valence-corrected chi connectivity index (χ4v) is 0. The molecule has 0 heterocycles. The summed E-state index contributed by atoms with van der Waals surface area (Å²) in [6, 6.07) is 0. The van der Waals surface area contributed by atoms with Crippen LogP contribution >= 0.6 is 0 Å². The van der Waals surface area contributed by atoms with E-state index in [1.807, 2.05) is 6.92 Å². The maximum Gasteiger partial charge on any atom is 0.0850 e. The first-order valence-corrected chi connectivity index (χ1v) is 1.31. The van der Waals surface area contributed by atoms with Gasteiger partial charge in [-0.15, -0.1) is 0 Å². The van der Waals surface area contributed by atoms with E-state index in [4.69, 9.17) is 7.05 Å². The van der Waals surface area contributed by atoms with Gasteiger partial charge in [-0.3, -0.25) is 0 Å². The summed E-state index contributed by atoms with van der Waals surface area (Å²) in [6.07, 6.45) is 0. The Hall–Kier alpha value is -0.0400. The summed E-state index contributed by atoms with van der Waals surface area (Å²) in [5.41, 5.74) is 0. The average Bonchev–Trinajstić information content (AvgIpc) is 1.37. The number of hydrogen-bond donors (Lipinski definition) is 1. The summed E-state index contributed by atoms with van der Waals surface area (Å²) >= 11 is 0. The van der Waals surface area contributed by atoms with Crippen LogP contribution in [0.1, 0.15) is 6.92 Å². The van der Waals surface area contributed by atoms with Gasteiger partial charge in [0.05, 0.1) is 7.05 Å². The Kier molecular flexibility index (Phi) is 2.93. The average molecular weight is 45.1 g/mol. The molecule has 0 aliphatic rings. The second-order valence-corrected chi connectivity index (χ2v) is 0.530. The maximum atomic E-state index is 6.20. The molecule has 0 unspecified atom stereocenters. The van der Waals surface area contributed by atoms with Gasteiger partial charge in [0.25, 0.3) is 0 Å². The number of nitrogens with one attached hydrogen (secondary N) is 1. The molecule has 0 aliphatic heterocycles. The van der Waals surface area contributed by atoms with Crippen LogP contribution in [0.5, 0.6) is 0 Å². The molecule has 0 aliphatic carbocycles. The summed E-state index contributed by atoms with van der Waals surface area (Å²) < 4.78 is 0. The van der Waals surface area contributed by atoms with Crippen LogP contribution in [-0.4, -0.2) is 6.54 Å². The van der Waals surface area contributed by atoms with Gasteiger partial charge < -0.3 is 5.32 Å². The molecule has 0 bridgehead atoms. The van der Waals surface area contributed by atoms with Crippen molar-refractivity contribution < 1.29 is 0 Å². The minimum absolute atomic E-state index is 0.736. The van der Waals surface area contributed by atoms with E-state index < -0.39 is 0 Å². The molecule has 0 fully saturated rings. The van der Waals surface area contributed by atoms with Crippen molar-refractivity contribution in [2.75, 3.05) is 6.54 Å². The first kappa shape index (κ1) is 3.96. The first-order valence-electron chi connectivity index (χ1n) is 1.31. The second-order valence-electron chi connectivity index (χ2n) is 0.530. The van der Waals surface area contributed by atoms with Gasteiger partial charge in [0.1, 0.15) is 0 Å². The van der Waals surface area contributed by atoms with Crippen LogP contribution in [-0.2, 0) is 0 Å². The van der Waals surface area contributed by atoms with Gasteiger partial charge in [-0.1, -0.05) is 6.92 Å². The summed E-state index contributed by atoms with van der Waals surface area (Å²) in [7, 11) is 6.20. The first-order chi connectivity index (χ1) is 1.91. The molecule has 1 nitrogen and oxygen atoms in total. The zero-order chi connectivity index (χ0) is 3.41. The third-order valence-corrected chi connectivity index (χ3v) is 0.177. The number of hydrogen-bond acceptors (Lipinski definition) is 1. The Bertz CT molecular complexity index is 5.25. The summed E-state index contributed by atoms with van der Waals surface area (Å²) in [4.78, 5) is 0. The molecule has 23 valence electrons. The normalized spacial score (nSPS) is 7.50. The van der Waals surface area contributed by atoms with E-state index in [1.54, 1.807) is 0 Å². The highest BCUT2D eigenvalue weighted by Gasteiger charge is 1.52. The van der Waals surface area contributed by atoms with Crippen LogP contribution in [0, 0.1) is 7.05 Å². The molecular formula is C3H6N. The summed E-state index contributed by atoms with van der Waals surface area (Å²) in [5.74, 6) is 0. The molecule has 0 saturated carbocycles. The lowest BCUT2D eigenvalue weighted by Crippen LogP contribution is -1.97. The van der Waals surface area contributed by atoms with E-state index in [9.17, 15) is 0 Å². The fourth-order valence-electron chi connectivity index (χ4n) is 0. The van der Waals surface area contributed by atoms with Crippen LogP contribution in [0.25, 0.3) is 0 Å². The number of rotatable bonds is 1. The molecule has 3 radical (unpaired) electrons. The lowest BCUT2D eigenvalue weighted by Gasteiger charge is -1.74. The molecule has 0 amide bonds. The van der Waals surface area contributed by atoms with Gasteiger partial charge in [0, 0.05) is 0 Å². The zero-order valence-electron chi connectivity index (χ0n) is 2.71. The molecule has 0 aromatic heterocycles. The van der Waals surface area contributed by atoms with Gasteiger partial charge in [0.2, 0.25) is 0 Å². The molecule has 0 aromatic carbocycles. The molecule has 0 atom stereocenters. The van der Waals surface area contributed by atoms with Crippen molar-refractivity contribution >= 4 is 0 Å². The lowest BCUT2D eigenvalue weighted by atomic mass is 0.923. The summed E-state index contributed by atoms with van der Waals surface area (Å²) in [6.45, 7) is 2.62. The van der Waals surface area contributed by atoms with Crippen molar-refractivity contribution in [2.45, 2.75) is 6.92 Å². The van der Waals surface area contributed by atoms with Crippen LogP contribution in [0.3, 0.4) is 0 Å². The lowest BCUT2D eigenvalue weighted by molar-refractivity contribution is 0.916. The smallest absolute Gasteiger partial charge is 0.0850 e. The maximum absolute atomic E-state index is 6.20. The van der Waals surface area contributed by atoms with Gasteiger partial charge in [0.15, 0.2) is 0 Å². The van der Waals surface area contributed by atoms with E-state index >= 15 is 0 Å². The van der Waals surface area contributed by atoms with Crippen LogP contribution < -0.4 is 5.32 Å². The molecule has 0 saturated heterocycles. The van der Waals surface area contributed by atoms with Crippen molar-refractivity contribution in [3.05, 3.63) is 7.05 Å². The Morgan fingerprint density at radius 1 is 2.00 bits per heavy atom. The SMILES string of the molecule is CCN[1C]. The van der Waals surface area contributed by atoms with Crippen molar-refractivity contribution in [2.24, 2.45) is 0 Å². The predicted octanol–water partition coefficient (Wildman–Crippen LogP) is 0.141. The largest absolute Gasteiger partial charge is 0.306 e. The highest BCUT2D eigenvalue weighted by atomic mass is 14.5. The minimum atomic E-state index is 0.736. The fraction of sp³-hybridized carbons (Fsp3) is 0.667. The third-order valence-electron chi connectivity index (χ3n) is 0.177. The van der Waals surface area contributed by atoms with Crippen molar-refractivity contribution in [3.63, 3.8) is 0 Å². The Balaban J connectivity index is 1.97. The van der Waals surface area contributed by atoms with Crippen LogP contribution in [0.4, 0.5) is 0 Å². The molecule has 4 heavy (non-hydrogen) atoms. The Morgan fingerprint density at radius 3 is 2.25 bits per heavy atom. The molecular weight excluding hydrogens is 39.0 g/mol. The van der Waals surface area contributed by atoms with Crippen LogP contribution in [0.2, 0.25) is 0 Å². The monoisotopic (exact) mass is 45.1 g/mol. The zero-order valence-corrected chi connectivity index (χ0v) is 2.71. The minimum Gasteiger partial charge on any atom is -0.306 e. The van der Waals surface area contributed by atoms with E-state index in [0.29, 0.717) is 0 Å². The van der Waals surface area contributed by atoms with E-state index in [-0.39, 0.29) is 0 Å². The summed E-state index contributed by atoms with van der Waals surface area (Å²) in [5, 5.41) is 2.18. The molecule has 0 rings (SSSR count). The van der Waals surface area contributed by atoms with Gasteiger partial charge in [-0.2, -0.15) is 0 Å². The van der Waals surface area contributed by atoms with Crippen molar-refractivity contribution in [3.8, 4) is 0 Å². The standard InChI is InChI=1S/C3H6N/c1-3-4-2/h4H,3H2,1H3/i2-11. The highest BCUT2D eigenvalue weighted by Crippen LogP contribution is 1.37. The molecule has 0 spiro atoms. The van der Waals surface area contributed by atoms with E-state index in [0.717, 1.165) is 6.54 Å². The van der Waals surface area contributed by atoms with Crippen molar-refractivity contribution in [1.82, 2.24) is 5.32 Å². The van der Waals surface area contributed by atoms with E-state index in [1.165, 1.54) is 0 Å². The Morgan fingerprint density at radius 2 is 2.25 bits per heavy atom. The van der Waals surface area contributed by atoms with Crippen LogP contribution in [0.15, 0.2) is 0 Å². The molecule has 1 N–H and O–H groups in total. The van der Waals surface area contributed by atoms with Gasteiger partial charge in [-0.25, -0.2) is 0 Å². The third kappa shape index (κ3) is 1.96. The topological polar surface area (TPSA) is 12.0 Å². The van der Waals surface area contributed by atoms with E-state index in [2.05, 4.69) is 5.32 Å². The molecule has 0 aromatic rings. The van der Waals surface area contributed by atoms with Crippen molar-refractivity contribution in [1.29, 1.82) is 0 Å². The predicted molar refractivity (Wildman–Crippen MR) is 16.9 cm³/mol. The molecule has 1 heteroatoms.